The van der Waals surface area contributed by atoms with Crippen molar-refractivity contribution in [3.05, 3.63) is 198 Å². The smallest absolute Gasteiger partial charge is 0.431 e. The number of aliphatic imine (C=N–C) groups is 1. The lowest BCUT2D eigenvalue weighted by Crippen LogP contribution is -2.50. The van der Waals surface area contributed by atoms with Gasteiger partial charge in [0.2, 0.25) is 41.0 Å². The zero-order chi connectivity index (χ0) is 99.2. The summed E-state index contributed by atoms with van der Waals surface area (Å²) < 4.78 is 102. The maximum atomic E-state index is 13.0. The van der Waals surface area contributed by atoms with Crippen LogP contribution < -0.4 is 57.5 Å². The Hall–Kier alpha value is -15.3. The van der Waals surface area contributed by atoms with Gasteiger partial charge in [-0.2, -0.15) is 24.4 Å². The number of hydrazine groups is 3. The van der Waals surface area contributed by atoms with Crippen LogP contribution in [0.25, 0.3) is 10.9 Å². The molecule has 3 N–H and O–H groups in total. The average molecular weight is 1900 g/mol. The fraction of sp³-hybridized carbons (Fsp3) is 0.440. The minimum atomic E-state index is -2.34. The number of benzene rings is 3. The summed E-state index contributed by atoms with van der Waals surface area (Å²) in [5.74, 6) is -12.1. The number of ether oxygens (including phenoxy) is 8. The molecule has 51 heteroatoms. The fourth-order valence-corrected chi connectivity index (χ4v) is 12.2. The number of para-hydroxylation sites is 1. The van der Waals surface area contributed by atoms with Crippen LogP contribution in [0.3, 0.4) is 0 Å². The van der Waals surface area contributed by atoms with E-state index in [2.05, 4.69) is 93.4 Å². The van der Waals surface area contributed by atoms with Crippen LogP contribution in [0, 0.1) is 58.7 Å². The molecule has 46 nitrogen and oxygen atoms in total. The molecule has 2 bridgehead atoms. The molecule has 1 saturated carbocycles. The van der Waals surface area contributed by atoms with Gasteiger partial charge in [0, 0.05) is 42.3 Å². The van der Waals surface area contributed by atoms with Crippen molar-refractivity contribution in [1.82, 2.24) is 66.4 Å². The first-order valence-electron chi connectivity index (χ1n) is 41.8. The number of pyridine rings is 2. The summed E-state index contributed by atoms with van der Waals surface area (Å²) in [5.41, 5.74) is 10.4. The van der Waals surface area contributed by atoms with Crippen molar-refractivity contribution < 1.29 is 142 Å². The van der Waals surface area contributed by atoms with Gasteiger partial charge >= 0.3 is 66.1 Å². The molecule has 8 aliphatic rings. The van der Waals surface area contributed by atoms with Crippen molar-refractivity contribution in [3.63, 3.8) is 0 Å². The third-order valence-corrected chi connectivity index (χ3v) is 17.9. The number of dihydropyridines is 1. The SMILES string of the molecule is CC(C)C(=O)ON1NCc2cccnc21.CC(C)OC(=O)ON1CC2C3C=CC(C3)C2C1=O.CC(C)OC(=O)ON1N=NC2C=CC=NC21.CC(C)OC(=O)ON1NNc2ccccc2C1=O.CC(C)OC(=O)Oc1c(F)c(F)c(F)c(F)c1F.CC(C)OC(=O)On1ccccc1=O.CC(C)OC(=O)On1nnc2c(c1=O)CCCC2.CC(C)OC(=O)On1nnc2ccccc2c1=O. The number of halogens is 5. The second-order valence-electron chi connectivity index (χ2n) is 31.2. The zero-order valence-electron chi connectivity index (χ0n) is 75.6. The van der Waals surface area contributed by atoms with Gasteiger partial charge in [0.25, 0.3) is 11.5 Å². The molecule has 2 fully saturated rings. The maximum Gasteiger partial charge on any atom is 0.535 e. The van der Waals surface area contributed by atoms with Gasteiger partial charge < -0.3 is 53.0 Å². The van der Waals surface area contributed by atoms with E-state index in [0.717, 1.165) is 41.1 Å². The van der Waals surface area contributed by atoms with Crippen LogP contribution in [-0.2, 0) is 81.5 Å². The predicted octanol–water partition coefficient (Wildman–Crippen LogP) is 11.1. The lowest BCUT2D eigenvalue weighted by Gasteiger charge is -2.27. The molecular formula is C84H99F5N18O28. The van der Waals surface area contributed by atoms with Gasteiger partial charge in [0.15, 0.2) is 5.82 Å². The number of nitrogens with one attached hydrogen (secondary N) is 3. The Bertz CT molecular complexity index is 5650. The first-order chi connectivity index (χ1) is 64.0. The molecule has 4 aromatic heterocycles. The molecule has 5 aliphatic heterocycles. The lowest BCUT2D eigenvalue weighted by molar-refractivity contribution is -0.169. The second kappa shape index (κ2) is 49.8. The number of hydroxylamine groups is 4. The summed E-state index contributed by atoms with van der Waals surface area (Å²) in [7, 11) is 0. The Morgan fingerprint density at radius 2 is 1.04 bits per heavy atom. The van der Waals surface area contributed by atoms with E-state index in [9.17, 15) is 84.3 Å². The average Bonchev–Trinajstić information content (AvgIpc) is 1.58. The number of anilines is 2. The van der Waals surface area contributed by atoms with Gasteiger partial charge in [-0.3, -0.25) is 53.2 Å². The first kappa shape index (κ1) is 105. The number of rotatable bonds is 16. The van der Waals surface area contributed by atoms with E-state index in [1.165, 1.54) is 36.3 Å². The molecule has 3 aromatic carbocycles. The molecule has 9 heterocycles. The van der Waals surface area contributed by atoms with E-state index in [1.54, 1.807) is 176 Å². The van der Waals surface area contributed by atoms with Gasteiger partial charge in [-0.05, 0) is 215 Å². The topological polar surface area (TPSA) is 526 Å². The lowest BCUT2D eigenvalue weighted by atomic mass is 9.86. The highest BCUT2D eigenvalue weighted by Crippen LogP contribution is 2.52. The molecule has 6 unspecified atom stereocenters. The van der Waals surface area contributed by atoms with Gasteiger partial charge in [0.05, 0.1) is 83.4 Å². The molecule has 0 radical (unpaired) electrons. The van der Waals surface area contributed by atoms with E-state index in [0.29, 0.717) is 91.4 Å². The van der Waals surface area contributed by atoms with Gasteiger partial charge in [0.1, 0.15) is 11.6 Å². The molecule has 728 valence electrons. The predicted molar refractivity (Wildman–Crippen MR) is 454 cm³/mol. The maximum absolute atomic E-state index is 13.0. The highest BCUT2D eigenvalue weighted by atomic mass is 19.2. The first-order valence-corrected chi connectivity index (χ1v) is 41.8. The van der Waals surface area contributed by atoms with Gasteiger partial charge in [-0.1, -0.05) is 78.8 Å². The van der Waals surface area contributed by atoms with Crippen LogP contribution in [0.15, 0.2) is 145 Å². The number of nitrogens with zero attached hydrogens (tertiary/aromatic N) is 15. The summed E-state index contributed by atoms with van der Waals surface area (Å²) >= 11 is 0. The Kier molecular flexibility index (Phi) is 38.7. The number of carbonyl (C=O) groups excluding carboxylic acids is 10. The van der Waals surface area contributed by atoms with Crippen molar-refractivity contribution >= 4 is 89.5 Å². The summed E-state index contributed by atoms with van der Waals surface area (Å²) in [6.45, 7) is 27.9. The number of carbonyl (C=O) groups is 10. The Morgan fingerprint density at radius 1 is 0.511 bits per heavy atom. The zero-order valence-corrected chi connectivity index (χ0v) is 75.6. The molecule has 135 heavy (non-hydrogen) atoms. The highest BCUT2D eigenvalue weighted by molar-refractivity contribution is 6.00. The van der Waals surface area contributed by atoms with Crippen LogP contribution in [0.1, 0.15) is 157 Å². The van der Waals surface area contributed by atoms with E-state index < -0.39 is 113 Å². The molecule has 6 atom stereocenters. The van der Waals surface area contributed by atoms with E-state index in [-0.39, 0.29) is 66.4 Å². The standard InChI is InChI=1S/C13H17NO4.C11H15N3O4.C11H13N3O4.C11H11N3O4.C10H7F5O3.C10H13N3O2.C9H12N4O3.C9H11NO4/c1-7(2)17-13(16)18-14-6-10-8-3-4-9(5-8)11(10)12(14)15;3*1-7(2)17-11(16)18-14-10(15)8-5-3-4-6-9(8)12-13-14;1-3(2)17-10(16)18-9-7(14)5(12)4(11)6(13)8(9)15;1-7(2)10(14)15-13-9-8(6-12-13)4-3-5-11-9;1-6(2)15-9(14)16-13-8-7(11-12-13)4-3-5-10-8;1-7(2)13-9(12)14-10-6-4-3-5-8(10)11/h3-4,7-11H,5-6H2,1-2H3;7H,3-6H2,1-2H3;3-7,12-13H,1-2H3;3-7H,1-2H3;3H,1-2H3;3-5,7,12H,6H2,1-2H3;3-8H,1-2H3;3-7H,1-2H3. The largest absolute Gasteiger partial charge is 0.535 e. The molecular weight excluding hydrogens is 1800 g/mol. The highest BCUT2D eigenvalue weighted by Gasteiger charge is 2.56. The Balaban J connectivity index is 0.000000190. The summed E-state index contributed by atoms with van der Waals surface area (Å²) in [4.78, 5) is 192. The number of hydrogen-bond donors (Lipinski definition) is 3. The second-order valence-corrected chi connectivity index (χ2v) is 31.2. The Morgan fingerprint density at radius 3 is 1.65 bits per heavy atom. The molecule has 2 amide bonds. The summed E-state index contributed by atoms with van der Waals surface area (Å²) in [6.07, 6.45) is 7.11. The van der Waals surface area contributed by atoms with Crippen LogP contribution in [0.5, 0.6) is 5.75 Å². The van der Waals surface area contributed by atoms with E-state index in [1.807, 2.05) is 18.2 Å². The van der Waals surface area contributed by atoms with Crippen LogP contribution in [0.4, 0.5) is 67.0 Å². The molecule has 7 aromatic rings. The van der Waals surface area contributed by atoms with Crippen LogP contribution in [-0.4, -0.2) is 184 Å². The quantitative estimate of drug-likeness (QED) is 0.0118. The summed E-state index contributed by atoms with van der Waals surface area (Å²) in [5, 5.41) is 26.9. The molecule has 1 saturated heterocycles. The number of hydrogen-bond acceptors (Lipinski definition) is 41. The number of allylic oxidation sites excluding steroid dienone is 3. The summed E-state index contributed by atoms with van der Waals surface area (Å²) in [6, 6.07) is 21.5. The fourth-order valence-electron chi connectivity index (χ4n) is 12.2. The van der Waals surface area contributed by atoms with Crippen molar-refractivity contribution in [2.75, 3.05) is 17.1 Å². The van der Waals surface area contributed by atoms with Crippen molar-refractivity contribution in [2.45, 2.75) is 204 Å². The van der Waals surface area contributed by atoms with Gasteiger partial charge in [-0.25, -0.2) is 56.5 Å². The van der Waals surface area contributed by atoms with Crippen molar-refractivity contribution in [3.8, 4) is 5.75 Å². The third kappa shape index (κ3) is 30.9. The molecule has 15 rings (SSSR count). The number of aromatic nitrogens is 8. The van der Waals surface area contributed by atoms with E-state index in [4.69, 9.17) is 47.9 Å². The van der Waals surface area contributed by atoms with Crippen LogP contribution in [0.2, 0.25) is 0 Å². The number of fused-ring (bicyclic) bond motifs is 10. The third-order valence-electron chi connectivity index (χ3n) is 17.9. The Labute approximate surface area is 764 Å². The monoisotopic (exact) mass is 1900 g/mol. The van der Waals surface area contributed by atoms with Crippen molar-refractivity contribution in [1.29, 1.82) is 0 Å². The van der Waals surface area contributed by atoms with Crippen molar-refractivity contribution in [2.24, 2.45) is 44.9 Å². The minimum absolute atomic E-state index is 0.00634. The van der Waals surface area contributed by atoms with E-state index >= 15 is 0 Å². The van der Waals surface area contributed by atoms with Crippen LogP contribution >= 0.6 is 0 Å². The molecule has 0 spiro atoms. The normalized spacial score (nSPS) is 17.1. The van der Waals surface area contributed by atoms with Gasteiger partial charge in [-0.15, -0.1) is 25.6 Å². The number of aryl methyl sites for hydroxylation is 1. The minimum Gasteiger partial charge on any atom is -0.431 e. The number of amides is 2. The molecule has 3 aliphatic carbocycles.